The first-order chi connectivity index (χ1) is 12.3. The van der Waals surface area contributed by atoms with Crippen LogP contribution in [-0.4, -0.2) is 60.6 Å². The molecule has 4 heterocycles. The molecule has 1 saturated heterocycles. The molecular formula is C16H20N8O. The van der Waals surface area contributed by atoms with Crippen molar-refractivity contribution in [3.8, 4) is 0 Å². The van der Waals surface area contributed by atoms with E-state index in [1.54, 1.807) is 10.8 Å². The molecule has 0 aromatic carbocycles. The number of anilines is 1. The van der Waals surface area contributed by atoms with Gasteiger partial charge in [-0.05, 0) is 31.9 Å². The Balaban J connectivity index is 1.26. The first kappa shape index (κ1) is 14.8. The van der Waals surface area contributed by atoms with Crippen LogP contribution in [0.3, 0.4) is 0 Å². The lowest BCUT2D eigenvalue weighted by Gasteiger charge is -2.39. The number of piperazine rings is 1. The largest absolute Gasteiger partial charge is 0.424 e. The molecule has 0 spiro atoms. The van der Waals surface area contributed by atoms with Crippen molar-refractivity contribution in [1.29, 1.82) is 0 Å². The molecule has 9 nitrogen and oxygen atoms in total. The van der Waals surface area contributed by atoms with Gasteiger partial charge in [-0.25, -0.2) is 0 Å². The standard InChI is InChI=1S/C16H20N8O/c1-11-8-22(9-15-19-20-16(25-15)12-2-3-12)6-7-23(11)14-5-4-13-18-17-10-24(13)21-14/h4-5,10-12H,2-3,6-9H2,1H3/t11-/m1/s1. The quantitative estimate of drug-likeness (QED) is 0.697. The second kappa shape index (κ2) is 5.76. The Morgan fingerprint density at radius 1 is 1.16 bits per heavy atom. The fourth-order valence-electron chi connectivity index (χ4n) is 3.41. The number of hydrogen-bond donors (Lipinski definition) is 0. The molecule has 0 unspecified atom stereocenters. The predicted octanol–water partition coefficient (Wildman–Crippen LogP) is 1.10. The van der Waals surface area contributed by atoms with E-state index in [2.05, 4.69) is 42.2 Å². The maximum atomic E-state index is 5.79. The van der Waals surface area contributed by atoms with Crippen LogP contribution in [0.1, 0.15) is 37.5 Å². The molecule has 0 radical (unpaired) electrons. The molecule has 1 saturated carbocycles. The topological polar surface area (TPSA) is 88.5 Å². The SMILES string of the molecule is C[C@@H]1CN(Cc2nnc(C3CC3)o2)CCN1c1ccc2nncn2n1. The Kier molecular flexibility index (Phi) is 3.40. The molecule has 2 fully saturated rings. The number of nitrogens with zero attached hydrogens (tertiary/aromatic N) is 8. The molecular weight excluding hydrogens is 320 g/mol. The van der Waals surface area contributed by atoms with Gasteiger partial charge in [-0.15, -0.1) is 25.5 Å². The summed E-state index contributed by atoms with van der Waals surface area (Å²) in [5, 5.41) is 20.9. The highest BCUT2D eigenvalue weighted by molar-refractivity contribution is 5.46. The lowest BCUT2D eigenvalue weighted by atomic mass is 10.2. The van der Waals surface area contributed by atoms with Crippen LogP contribution in [0.5, 0.6) is 0 Å². The molecule has 0 N–H and O–H groups in total. The van der Waals surface area contributed by atoms with Crippen molar-refractivity contribution in [3.63, 3.8) is 0 Å². The monoisotopic (exact) mass is 340 g/mol. The average molecular weight is 340 g/mol. The second-order valence-corrected chi connectivity index (χ2v) is 6.91. The Bertz CT molecular complexity index is 885. The number of hydrogen-bond acceptors (Lipinski definition) is 8. The molecule has 0 amide bonds. The van der Waals surface area contributed by atoms with Crippen LogP contribution >= 0.6 is 0 Å². The molecule has 1 atom stereocenters. The third-order valence-corrected chi connectivity index (χ3v) is 4.92. The van der Waals surface area contributed by atoms with E-state index < -0.39 is 0 Å². The first-order valence-corrected chi connectivity index (χ1v) is 8.74. The van der Waals surface area contributed by atoms with Gasteiger partial charge in [0.05, 0.1) is 6.54 Å². The van der Waals surface area contributed by atoms with Crippen molar-refractivity contribution < 1.29 is 4.42 Å². The molecule has 2 aliphatic rings. The summed E-state index contributed by atoms with van der Waals surface area (Å²) in [5.41, 5.74) is 0.762. The van der Waals surface area contributed by atoms with E-state index in [0.717, 1.165) is 49.4 Å². The fraction of sp³-hybridized carbons (Fsp3) is 0.562. The summed E-state index contributed by atoms with van der Waals surface area (Å²) in [6.07, 6.45) is 4.00. The highest BCUT2D eigenvalue weighted by Gasteiger charge is 2.30. The van der Waals surface area contributed by atoms with Gasteiger partial charge in [0.1, 0.15) is 12.1 Å². The van der Waals surface area contributed by atoms with Crippen molar-refractivity contribution >= 4 is 11.5 Å². The van der Waals surface area contributed by atoms with E-state index in [0.29, 0.717) is 12.0 Å². The summed E-state index contributed by atoms with van der Waals surface area (Å²) in [5.74, 6) is 3.00. The van der Waals surface area contributed by atoms with E-state index >= 15 is 0 Å². The van der Waals surface area contributed by atoms with Gasteiger partial charge in [0.25, 0.3) is 0 Å². The molecule has 1 aliphatic heterocycles. The number of rotatable bonds is 4. The summed E-state index contributed by atoms with van der Waals surface area (Å²) in [6.45, 7) is 5.71. The maximum Gasteiger partial charge on any atom is 0.230 e. The van der Waals surface area contributed by atoms with E-state index in [-0.39, 0.29) is 0 Å². The van der Waals surface area contributed by atoms with Gasteiger partial charge in [-0.1, -0.05) is 0 Å². The van der Waals surface area contributed by atoms with E-state index in [4.69, 9.17) is 4.42 Å². The Morgan fingerprint density at radius 2 is 2.08 bits per heavy atom. The maximum absolute atomic E-state index is 5.79. The third-order valence-electron chi connectivity index (χ3n) is 4.92. The van der Waals surface area contributed by atoms with Crippen LogP contribution in [0.4, 0.5) is 5.82 Å². The summed E-state index contributed by atoms with van der Waals surface area (Å²) in [6, 6.07) is 4.31. The minimum Gasteiger partial charge on any atom is -0.424 e. The van der Waals surface area contributed by atoms with E-state index in [1.807, 2.05) is 12.1 Å². The fourth-order valence-corrected chi connectivity index (χ4v) is 3.41. The third kappa shape index (κ3) is 2.84. The van der Waals surface area contributed by atoms with Crippen LogP contribution in [0.2, 0.25) is 0 Å². The Morgan fingerprint density at radius 3 is 2.92 bits per heavy atom. The van der Waals surface area contributed by atoms with Gasteiger partial charge in [0.2, 0.25) is 11.8 Å². The smallest absolute Gasteiger partial charge is 0.230 e. The molecule has 0 bridgehead atoms. The molecule has 130 valence electrons. The van der Waals surface area contributed by atoms with E-state index in [1.165, 1.54) is 12.8 Å². The zero-order valence-electron chi connectivity index (χ0n) is 14.1. The molecule has 5 rings (SSSR count). The Labute approximate surface area is 144 Å². The van der Waals surface area contributed by atoms with Gasteiger partial charge in [-0.3, -0.25) is 4.90 Å². The summed E-state index contributed by atoms with van der Waals surface area (Å²) < 4.78 is 7.50. The van der Waals surface area contributed by atoms with Gasteiger partial charge in [0, 0.05) is 31.6 Å². The van der Waals surface area contributed by atoms with Crippen LogP contribution in [0, 0.1) is 0 Å². The van der Waals surface area contributed by atoms with Gasteiger partial charge >= 0.3 is 0 Å². The van der Waals surface area contributed by atoms with Crippen molar-refractivity contribution in [2.24, 2.45) is 0 Å². The number of aromatic nitrogens is 6. The molecule has 3 aromatic rings. The van der Waals surface area contributed by atoms with Crippen molar-refractivity contribution in [2.75, 3.05) is 24.5 Å². The lowest BCUT2D eigenvalue weighted by molar-refractivity contribution is 0.199. The average Bonchev–Trinajstić information content (AvgIpc) is 3.17. The lowest BCUT2D eigenvalue weighted by Crippen LogP contribution is -2.52. The van der Waals surface area contributed by atoms with Crippen LogP contribution in [0.15, 0.2) is 22.9 Å². The minimum atomic E-state index is 0.348. The Hall–Kier alpha value is -2.55. The zero-order chi connectivity index (χ0) is 16.8. The number of fused-ring (bicyclic) bond motifs is 1. The van der Waals surface area contributed by atoms with Crippen molar-refractivity contribution in [2.45, 2.75) is 38.3 Å². The summed E-state index contributed by atoms with van der Waals surface area (Å²) in [4.78, 5) is 4.68. The second-order valence-electron chi connectivity index (χ2n) is 6.91. The molecule has 9 heteroatoms. The van der Waals surface area contributed by atoms with Gasteiger partial charge < -0.3 is 9.32 Å². The highest BCUT2D eigenvalue weighted by Crippen LogP contribution is 2.39. The first-order valence-electron chi connectivity index (χ1n) is 8.74. The van der Waals surface area contributed by atoms with Crippen LogP contribution in [-0.2, 0) is 6.54 Å². The highest BCUT2D eigenvalue weighted by atomic mass is 16.4. The van der Waals surface area contributed by atoms with Gasteiger partial charge in [-0.2, -0.15) is 4.52 Å². The molecule has 25 heavy (non-hydrogen) atoms. The van der Waals surface area contributed by atoms with Crippen LogP contribution in [0.25, 0.3) is 5.65 Å². The van der Waals surface area contributed by atoms with Crippen molar-refractivity contribution in [1.82, 2.24) is 34.9 Å². The normalized spacial score (nSPS) is 22.0. The summed E-state index contributed by atoms with van der Waals surface area (Å²) >= 11 is 0. The van der Waals surface area contributed by atoms with Crippen LogP contribution < -0.4 is 4.90 Å². The van der Waals surface area contributed by atoms with E-state index in [9.17, 15) is 0 Å². The minimum absolute atomic E-state index is 0.348. The van der Waals surface area contributed by atoms with Crippen molar-refractivity contribution in [3.05, 3.63) is 30.2 Å². The zero-order valence-corrected chi connectivity index (χ0v) is 14.1. The summed E-state index contributed by atoms with van der Waals surface area (Å²) in [7, 11) is 0. The van der Waals surface area contributed by atoms with Gasteiger partial charge in [0.15, 0.2) is 5.65 Å². The molecule has 3 aromatic heterocycles. The molecule has 1 aliphatic carbocycles. The predicted molar refractivity (Wildman–Crippen MR) is 89.1 cm³/mol.